The molecule has 116 valence electrons. The van der Waals surface area contributed by atoms with E-state index < -0.39 is 0 Å². The van der Waals surface area contributed by atoms with E-state index in [1.807, 2.05) is 30.3 Å². The maximum Gasteiger partial charge on any atom is 0.220 e. The zero-order chi connectivity index (χ0) is 16.0. The van der Waals surface area contributed by atoms with Crippen LogP contribution in [0.2, 0.25) is 0 Å². The molecular weight excluding hydrogens is 274 g/mol. The van der Waals surface area contributed by atoms with Gasteiger partial charge < -0.3 is 5.32 Å². The monoisotopic (exact) mass is 297 g/mol. The van der Waals surface area contributed by atoms with Crippen molar-refractivity contribution in [1.82, 2.24) is 15.3 Å². The summed E-state index contributed by atoms with van der Waals surface area (Å²) in [5, 5.41) is 2.96. The molecule has 0 spiro atoms. The van der Waals surface area contributed by atoms with Crippen molar-refractivity contribution in [2.45, 2.75) is 45.6 Å². The van der Waals surface area contributed by atoms with Crippen molar-refractivity contribution in [2.75, 3.05) is 0 Å². The summed E-state index contributed by atoms with van der Waals surface area (Å²) in [6.07, 6.45) is 4.58. The maximum absolute atomic E-state index is 12.0. The molecule has 0 aliphatic heterocycles. The molecule has 1 N–H and O–H groups in total. The van der Waals surface area contributed by atoms with Crippen LogP contribution in [0.1, 0.15) is 44.0 Å². The number of carbonyl (C=O) groups is 1. The number of rotatable bonds is 5. The van der Waals surface area contributed by atoms with Crippen molar-refractivity contribution in [2.24, 2.45) is 0 Å². The Morgan fingerprint density at radius 1 is 1.18 bits per heavy atom. The van der Waals surface area contributed by atoms with E-state index in [4.69, 9.17) is 0 Å². The minimum Gasteiger partial charge on any atom is -0.352 e. The SMILES string of the molecule is CC(C)(C)c1ncncc1CNC(=O)CCc1ccccc1. The van der Waals surface area contributed by atoms with Gasteiger partial charge >= 0.3 is 0 Å². The average Bonchev–Trinajstić information content (AvgIpc) is 2.51. The fourth-order valence-electron chi connectivity index (χ4n) is 2.35. The Bertz CT molecular complexity index is 618. The first-order valence-corrected chi connectivity index (χ1v) is 7.57. The molecule has 1 heterocycles. The second-order valence-electron chi connectivity index (χ2n) is 6.41. The lowest BCUT2D eigenvalue weighted by Gasteiger charge is -2.21. The molecule has 1 amide bonds. The summed E-state index contributed by atoms with van der Waals surface area (Å²) in [4.78, 5) is 20.4. The van der Waals surface area contributed by atoms with Crippen molar-refractivity contribution in [3.63, 3.8) is 0 Å². The van der Waals surface area contributed by atoms with Crippen LogP contribution in [0.4, 0.5) is 0 Å². The van der Waals surface area contributed by atoms with Crippen LogP contribution < -0.4 is 5.32 Å². The first kappa shape index (κ1) is 16.1. The number of aromatic nitrogens is 2. The van der Waals surface area contributed by atoms with Gasteiger partial charge in [0, 0.05) is 30.1 Å². The summed E-state index contributed by atoms with van der Waals surface area (Å²) in [6.45, 7) is 6.79. The molecule has 4 nitrogen and oxygen atoms in total. The van der Waals surface area contributed by atoms with Crippen molar-refractivity contribution >= 4 is 5.91 Å². The van der Waals surface area contributed by atoms with E-state index in [1.54, 1.807) is 12.5 Å². The Hall–Kier alpha value is -2.23. The van der Waals surface area contributed by atoms with Crippen LogP contribution in [-0.2, 0) is 23.2 Å². The number of nitrogens with one attached hydrogen (secondary N) is 1. The van der Waals surface area contributed by atoms with Crippen molar-refractivity contribution < 1.29 is 4.79 Å². The lowest BCUT2D eigenvalue weighted by Crippen LogP contribution is -2.26. The average molecular weight is 297 g/mol. The van der Waals surface area contributed by atoms with E-state index in [0.29, 0.717) is 13.0 Å². The Labute approximate surface area is 132 Å². The highest BCUT2D eigenvalue weighted by Gasteiger charge is 2.19. The summed E-state index contributed by atoms with van der Waals surface area (Å²) in [7, 11) is 0. The van der Waals surface area contributed by atoms with Crippen LogP contribution in [-0.4, -0.2) is 15.9 Å². The molecule has 0 saturated carbocycles. The van der Waals surface area contributed by atoms with E-state index >= 15 is 0 Å². The highest BCUT2D eigenvalue weighted by atomic mass is 16.1. The Balaban J connectivity index is 1.89. The molecule has 0 aliphatic rings. The van der Waals surface area contributed by atoms with Gasteiger partial charge in [0.15, 0.2) is 0 Å². The second-order valence-corrected chi connectivity index (χ2v) is 6.41. The van der Waals surface area contributed by atoms with Gasteiger partial charge in [-0.05, 0) is 12.0 Å². The predicted molar refractivity (Wildman–Crippen MR) is 87.3 cm³/mol. The smallest absolute Gasteiger partial charge is 0.220 e. The molecule has 2 rings (SSSR count). The van der Waals surface area contributed by atoms with Crippen molar-refractivity contribution in [3.05, 3.63) is 59.7 Å². The van der Waals surface area contributed by atoms with Gasteiger partial charge in [0.1, 0.15) is 6.33 Å². The van der Waals surface area contributed by atoms with Gasteiger partial charge in [-0.25, -0.2) is 9.97 Å². The lowest BCUT2D eigenvalue weighted by molar-refractivity contribution is -0.121. The van der Waals surface area contributed by atoms with Crippen LogP contribution in [0.5, 0.6) is 0 Å². The molecule has 4 heteroatoms. The highest BCUT2D eigenvalue weighted by Crippen LogP contribution is 2.22. The van der Waals surface area contributed by atoms with Gasteiger partial charge in [0.2, 0.25) is 5.91 Å². The number of nitrogens with zero attached hydrogens (tertiary/aromatic N) is 2. The number of amides is 1. The minimum atomic E-state index is -0.0625. The standard InChI is InChI=1S/C18H23N3O/c1-18(2,3)17-15(11-19-13-21-17)12-20-16(22)10-9-14-7-5-4-6-8-14/h4-8,11,13H,9-10,12H2,1-3H3,(H,20,22). The van der Waals surface area contributed by atoms with Gasteiger partial charge in [-0.3, -0.25) is 4.79 Å². The predicted octanol–water partition coefficient (Wildman–Crippen LogP) is 3.02. The Kier molecular flexibility index (Phi) is 5.26. The summed E-state index contributed by atoms with van der Waals surface area (Å²) >= 11 is 0. The highest BCUT2D eigenvalue weighted by molar-refractivity contribution is 5.76. The first-order chi connectivity index (χ1) is 10.5. The van der Waals surface area contributed by atoms with Crippen LogP contribution >= 0.6 is 0 Å². The number of hydrogen-bond donors (Lipinski definition) is 1. The van der Waals surface area contributed by atoms with E-state index in [1.165, 1.54) is 5.56 Å². The van der Waals surface area contributed by atoms with E-state index in [-0.39, 0.29) is 11.3 Å². The lowest BCUT2D eigenvalue weighted by atomic mass is 9.89. The molecule has 0 atom stereocenters. The zero-order valence-corrected chi connectivity index (χ0v) is 13.5. The van der Waals surface area contributed by atoms with Gasteiger partial charge in [0.25, 0.3) is 0 Å². The molecule has 22 heavy (non-hydrogen) atoms. The summed E-state index contributed by atoms with van der Waals surface area (Å²) < 4.78 is 0. The normalized spacial score (nSPS) is 11.2. The van der Waals surface area contributed by atoms with Gasteiger partial charge in [-0.1, -0.05) is 51.1 Å². The van der Waals surface area contributed by atoms with E-state index in [2.05, 4.69) is 36.1 Å². The van der Waals surface area contributed by atoms with Crippen LogP contribution in [0.25, 0.3) is 0 Å². The van der Waals surface area contributed by atoms with Crippen molar-refractivity contribution in [1.29, 1.82) is 0 Å². The van der Waals surface area contributed by atoms with Crippen LogP contribution in [0.3, 0.4) is 0 Å². The molecule has 0 saturated heterocycles. The van der Waals surface area contributed by atoms with E-state index in [0.717, 1.165) is 17.7 Å². The number of aryl methyl sites for hydroxylation is 1. The third kappa shape index (κ3) is 4.65. The minimum absolute atomic E-state index is 0.0487. The fourth-order valence-corrected chi connectivity index (χ4v) is 2.35. The summed E-state index contributed by atoms with van der Waals surface area (Å²) in [5.74, 6) is 0.0487. The first-order valence-electron chi connectivity index (χ1n) is 7.57. The largest absolute Gasteiger partial charge is 0.352 e. The van der Waals surface area contributed by atoms with Gasteiger partial charge in [-0.2, -0.15) is 0 Å². The quantitative estimate of drug-likeness (QED) is 0.923. The van der Waals surface area contributed by atoms with Gasteiger partial charge in [-0.15, -0.1) is 0 Å². The van der Waals surface area contributed by atoms with Crippen LogP contribution in [0.15, 0.2) is 42.9 Å². The fraction of sp³-hybridized carbons (Fsp3) is 0.389. The summed E-state index contributed by atoms with van der Waals surface area (Å²) in [5.41, 5.74) is 3.07. The number of carbonyl (C=O) groups excluding carboxylic acids is 1. The molecule has 0 bridgehead atoms. The topological polar surface area (TPSA) is 54.9 Å². The molecule has 0 unspecified atom stereocenters. The van der Waals surface area contributed by atoms with Gasteiger partial charge in [0.05, 0.1) is 5.69 Å². The summed E-state index contributed by atoms with van der Waals surface area (Å²) in [6, 6.07) is 10.0. The maximum atomic E-state index is 12.0. The number of hydrogen-bond acceptors (Lipinski definition) is 3. The third-order valence-corrected chi connectivity index (χ3v) is 3.46. The Morgan fingerprint density at radius 3 is 2.59 bits per heavy atom. The molecule has 0 aliphatic carbocycles. The molecule has 1 aromatic heterocycles. The molecule has 2 aromatic rings. The van der Waals surface area contributed by atoms with Crippen LogP contribution in [0, 0.1) is 0 Å². The van der Waals surface area contributed by atoms with Crippen molar-refractivity contribution in [3.8, 4) is 0 Å². The zero-order valence-electron chi connectivity index (χ0n) is 13.5. The molecule has 1 aromatic carbocycles. The Morgan fingerprint density at radius 2 is 1.91 bits per heavy atom. The molecule has 0 fully saturated rings. The molecule has 0 radical (unpaired) electrons. The van der Waals surface area contributed by atoms with E-state index in [9.17, 15) is 4.79 Å². The molecular formula is C18H23N3O. The second kappa shape index (κ2) is 7.16. The third-order valence-electron chi connectivity index (χ3n) is 3.46. The number of benzene rings is 1.